The summed E-state index contributed by atoms with van der Waals surface area (Å²) in [5.74, 6) is 0.867. The average Bonchev–Trinajstić information content (AvgIpc) is 2.53. The summed E-state index contributed by atoms with van der Waals surface area (Å²) in [7, 11) is 0. The van der Waals surface area contributed by atoms with Crippen LogP contribution in [-0.4, -0.2) is 18.3 Å². The van der Waals surface area contributed by atoms with E-state index >= 15 is 0 Å². The van der Waals surface area contributed by atoms with Crippen molar-refractivity contribution in [2.45, 2.75) is 31.8 Å². The van der Waals surface area contributed by atoms with Crippen molar-refractivity contribution in [2.75, 3.05) is 13.2 Å². The summed E-state index contributed by atoms with van der Waals surface area (Å²) in [4.78, 5) is 0. The second-order valence-corrected chi connectivity index (χ2v) is 5.30. The highest BCUT2D eigenvalue weighted by Crippen LogP contribution is 2.36. The Labute approximate surface area is 110 Å². The normalized spacial score (nSPS) is 16.9. The van der Waals surface area contributed by atoms with Crippen LogP contribution in [0.1, 0.15) is 36.5 Å². The number of ether oxygens (including phenoxy) is 1. The van der Waals surface area contributed by atoms with E-state index in [9.17, 15) is 5.11 Å². The highest BCUT2D eigenvalue weighted by atomic mass is 79.9. The molecule has 1 aliphatic rings. The van der Waals surface area contributed by atoms with Crippen LogP contribution in [0.25, 0.3) is 0 Å². The van der Waals surface area contributed by atoms with Crippen LogP contribution in [0.5, 0.6) is 5.75 Å². The van der Waals surface area contributed by atoms with Gasteiger partial charge in [0.05, 0.1) is 12.7 Å². The van der Waals surface area contributed by atoms with Crippen LogP contribution in [0, 0.1) is 0 Å². The molecule has 0 saturated heterocycles. The molecule has 0 radical (unpaired) electrons. The maximum atomic E-state index is 10.1. The van der Waals surface area contributed by atoms with Crippen molar-refractivity contribution in [1.82, 2.24) is 0 Å². The first-order chi connectivity index (χ1) is 8.22. The Morgan fingerprint density at radius 3 is 3.00 bits per heavy atom. The minimum Gasteiger partial charge on any atom is -0.493 e. The maximum Gasteiger partial charge on any atom is 0.128 e. The molecule has 0 saturated carbocycles. The Bertz CT molecular complexity index is 395. The van der Waals surface area contributed by atoms with Gasteiger partial charge in [0.25, 0.3) is 0 Å². The number of nitrogens with two attached hydrogens (primary N) is 1. The molecular weight excluding hydrogens is 282 g/mol. The minimum absolute atomic E-state index is 0.475. The van der Waals surface area contributed by atoms with E-state index in [1.54, 1.807) is 0 Å². The molecule has 17 heavy (non-hydrogen) atoms. The Kier molecular flexibility index (Phi) is 4.42. The number of hydrogen-bond donors (Lipinski definition) is 2. The number of fused-ring (bicyclic) bond motifs is 1. The predicted molar refractivity (Wildman–Crippen MR) is 71.2 cm³/mol. The third kappa shape index (κ3) is 3.00. The zero-order valence-corrected chi connectivity index (χ0v) is 11.4. The quantitative estimate of drug-likeness (QED) is 0.902. The molecule has 94 valence electrons. The molecule has 0 spiro atoms. The second kappa shape index (κ2) is 5.85. The highest BCUT2D eigenvalue weighted by Gasteiger charge is 2.19. The van der Waals surface area contributed by atoms with E-state index in [1.807, 2.05) is 6.07 Å². The Balaban J connectivity index is 2.39. The molecule has 0 aliphatic carbocycles. The smallest absolute Gasteiger partial charge is 0.128 e. The van der Waals surface area contributed by atoms with Crippen LogP contribution in [0.4, 0.5) is 0 Å². The van der Waals surface area contributed by atoms with Crippen LogP contribution in [-0.2, 0) is 6.42 Å². The van der Waals surface area contributed by atoms with E-state index in [1.165, 1.54) is 5.56 Å². The van der Waals surface area contributed by atoms with E-state index in [2.05, 4.69) is 22.0 Å². The van der Waals surface area contributed by atoms with Crippen LogP contribution in [0.2, 0.25) is 0 Å². The first-order valence-corrected chi connectivity index (χ1v) is 6.85. The zero-order valence-electron chi connectivity index (χ0n) is 9.79. The first-order valence-electron chi connectivity index (χ1n) is 6.05. The topological polar surface area (TPSA) is 55.5 Å². The molecule has 0 fully saturated rings. The van der Waals surface area contributed by atoms with Gasteiger partial charge in [-0.15, -0.1) is 0 Å². The standard InChI is InChI=1S/C13H18BrNO2/c14-10-7-9-3-1-2-6-17-13(9)11(8-10)12(16)4-5-15/h7-8,12,16H,1-6,15H2. The molecule has 1 aromatic carbocycles. The van der Waals surface area contributed by atoms with Gasteiger partial charge in [-0.25, -0.2) is 0 Å². The van der Waals surface area contributed by atoms with Crippen molar-refractivity contribution < 1.29 is 9.84 Å². The van der Waals surface area contributed by atoms with Crippen LogP contribution >= 0.6 is 15.9 Å². The molecule has 3 N–H and O–H groups in total. The first kappa shape index (κ1) is 12.9. The monoisotopic (exact) mass is 299 g/mol. The van der Waals surface area contributed by atoms with E-state index in [4.69, 9.17) is 10.5 Å². The summed E-state index contributed by atoms with van der Waals surface area (Å²) in [5.41, 5.74) is 7.55. The van der Waals surface area contributed by atoms with Crippen molar-refractivity contribution in [3.05, 3.63) is 27.7 Å². The van der Waals surface area contributed by atoms with Gasteiger partial charge in [-0.3, -0.25) is 0 Å². The van der Waals surface area contributed by atoms with Gasteiger partial charge in [0.15, 0.2) is 0 Å². The fourth-order valence-corrected chi connectivity index (χ4v) is 2.71. The fourth-order valence-electron chi connectivity index (χ4n) is 2.19. The van der Waals surface area contributed by atoms with Crippen molar-refractivity contribution in [3.8, 4) is 5.75 Å². The van der Waals surface area contributed by atoms with Gasteiger partial charge in [0, 0.05) is 10.0 Å². The lowest BCUT2D eigenvalue weighted by Gasteiger charge is -2.17. The molecule has 1 heterocycles. The van der Waals surface area contributed by atoms with Crippen molar-refractivity contribution in [3.63, 3.8) is 0 Å². The van der Waals surface area contributed by atoms with Crippen molar-refractivity contribution in [1.29, 1.82) is 0 Å². The second-order valence-electron chi connectivity index (χ2n) is 4.38. The molecule has 1 atom stereocenters. The fraction of sp³-hybridized carbons (Fsp3) is 0.538. The van der Waals surface area contributed by atoms with E-state index in [0.29, 0.717) is 13.0 Å². The summed E-state index contributed by atoms with van der Waals surface area (Å²) < 4.78 is 6.77. The van der Waals surface area contributed by atoms with E-state index in [-0.39, 0.29) is 0 Å². The largest absolute Gasteiger partial charge is 0.493 e. The van der Waals surface area contributed by atoms with Gasteiger partial charge in [-0.05, 0) is 49.9 Å². The lowest BCUT2D eigenvalue weighted by Crippen LogP contribution is -2.09. The third-order valence-corrected chi connectivity index (χ3v) is 3.50. The van der Waals surface area contributed by atoms with Crippen molar-refractivity contribution in [2.24, 2.45) is 5.73 Å². The zero-order chi connectivity index (χ0) is 12.3. The van der Waals surface area contributed by atoms with Crippen LogP contribution in [0.3, 0.4) is 0 Å². The number of aryl methyl sites for hydroxylation is 1. The summed E-state index contributed by atoms with van der Waals surface area (Å²) >= 11 is 3.49. The molecule has 1 unspecified atom stereocenters. The summed E-state index contributed by atoms with van der Waals surface area (Å²) in [6.45, 7) is 1.21. The van der Waals surface area contributed by atoms with Crippen LogP contribution < -0.4 is 10.5 Å². The molecular formula is C13H18BrNO2. The number of aliphatic hydroxyl groups is 1. The van der Waals surface area contributed by atoms with Gasteiger partial charge in [-0.2, -0.15) is 0 Å². The van der Waals surface area contributed by atoms with Gasteiger partial charge < -0.3 is 15.6 Å². The SMILES string of the molecule is NCCC(O)c1cc(Br)cc2c1OCCCC2. The Morgan fingerprint density at radius 2 is 2.24 bits per heavy atom. The maximum absolute atomic E-state index is 10.1. The lowest BCUT2D eigenvalue weighted by atomic mass is 9.99. The molecule has 3 nitrogen and oxygen atoms in total. The highest BCUT2D eigenvalue weighted by molar-refractivity contribution is 9.10. The Hall–Kier alpha value is -0.580. The molecule has 0 aromatic heterocycles. The van der Waals surface area contributed by atoms with E-state index in [0.717, 1.165) is 41.7 Å². The molecule has 0 amide bonds. The number of benzene rings is 1. The molecule has 4 heteroatoms. The van der Waals surface area contributed by atoms with Gasteiger partial charge in [0.1, 0.15) is 5.75 Å². The molecule has 0 bridgehead atoms. The van der Waals surface area contributed by atoms with E-state index < -0.39 is 6.10 Å². The van der Waals surface area contributed by atoms with Crippen LogP contribution in [0.15, 0.2) is 16.6 Å². The van der Waals surface area contributed by atoms with Gasteiger partial charge in [0.2, 0.25) is 0 Å². The molecule has 2 rings (SSSR count). The summed E-state index contributed by atoms with van der Waals surface area (Å²) in [6, 6.07) is 4.02. The number of aliphatic hydroxyl groups excluding tert-OH is 1. The molecule has 1 aliphatic heterocycles. The van der Waals surface area contributed by atoms with Gasteiger partial charge in [-0.1, -0.05) is 15.9 Å². The predicted octanol–water partition coefficient (Wildman–Crippen LogP) is 2.55. The molecule has 1 aromatic rings. The summed E-state index contributed by atoms with van der Waals surface area (Å²) in [6.07, 6.45) is 3.24. The number of hydrogen-bond acceptors (Lipinski definition) is 3. The average molecular weight is 300 g/mol. The lowest BCUT2D eigenvalue weighted by molar-refractivity contribution is 0.164. The summed E-state index contributed by atoms with van der Waals surface area (Å²) in [5, 5.41) is 10.1. The number of rotatable bonds is 3. The third-order valence-electron chi connectivity index (χ3n) is 3.05. The minimum atomic E-state index is -0.538. The number of halogens is 1. The van der Waals surface area contributed by atoms with Gasteiger partial charge >= 0.3 is 0 Å². The van der Waals surface area contributed by atoms with Crippen molar-refractivity contribution >= 4 is 15.9 Å². The Morgan fingerprint density at radius 1 is 1.41 bits per heavy atom.